The molecule has 1 atom stereocenters. The van der Waals surface area contributed by atoms with Crippen molar-refractivity contribution in [3.8, 4) is 0 Å². The Hall–Kier alpha value is 0.310. The number of rotatable bonds is 5. The van der Waals surface area contributed by atoms with Crippen LogP contribution in [0.4, 0.5) is 0 Å². The van der Waals surface area contributed by atoms with Crippen LogP contribution >= 0.6 is 33.9 Å². The van der Waals surface area contributed by atoms with Gasteiger partial charge in [-0.2, -0.15) is 0 Å². The average Bonchev–Trinajstić information content (AvgIpc) is 2.54. The summed E-state index contributed by atoms with van der Waals surface area (Å²) in [6.07, 6.45) is 0. The first-order valence-electron chi connectivity index (χ1n) is 4.05. The largest absolute Gasteiger partial charge is 0.380 e. The zero-order valence-corrected chi connectivity index (χ0v) is 10.4. The summed E-state index contributed by atoms with van der Waals surface area (Å²) in [5.74, 6) is 5.43. The Morgan fingerprint density at radius 3 is 3.00 bits per heavy atom. The zero-order valence-electron chi connectivity index (χ0n) is 7.42. The van der Waals surface area contributed by atoms with Crippen LogP contribution in [-0.4, -0.2) is 13.2 Å². The van der Waals surface area contributed by atoms with Gasteiger partial charge in [0.1, 0.15) is 0 Å². The van der Waals surface area contributed by atoms with Gasteiger partial charge in [-0.1, -0.05) is 0 Å². The summed E-state index contributed by atoms with van der Waals surface area (Å²) in [6.45, 7) is 3.32. The smallest absolute Gasteiger partial charge is 0.0702 e. The van der Waals surface area contributed by atoms with Crippen LogP contribution in [0.1, 0.15) is 18.5 Å². The molecule has 1 unspecified atom stereocenters. The van der Waals surface area contributed by atoms with Crippen molar-refractivity contribution in [2.75, 3.05) is 13.2 Å². The number of ether oxygens (including phenoxy) is 1. The Kier molecular flexibility index (Phi) is 5.18. The van der Waals surface area contributed by atoms with E-state index in [-0.39, 0.29) is 6.04 Å². The highest BCUT2D eigenvalue weighted by Gasteiger charge is 2.10. The molecule has 1 aromatic rings. The van der Waals surface area contributed by atoms with Crippen molar-refractivity contribution in [3.63, 3.8) is 0 Å². The molecule has 0 amide bonds. The first-order chi connectivity index (χ1) is 6.27. The van der Waals surface area contributed by atoms with E-state index in [9.17, 15) is 0 Å². The predicted molar refractivity (Wildman–Crippen MR) is 63.6 cm³/mol. The van der Waals surface area contributed by atoms with Gasteiger partial charge in [-0.25, -0.2) is 0 Å². The Labute approximate surface area is 95.8 Å². The van der Waals surface area contributed by atoms with Crippen molar-refractivity contribution in [3.05, 3.63) is 19.9 Å². The molecule has 1 rings (SSSR count). The Bertz CT molecular complexity index is 254. The summed E-state index contributed by atoms with van der Waals surface area (Å²) < 4.78 is 6.58. The van der Waals surface area contributed by atoms with Gasteiger partial charge in [-0.3, -0.25) is 11.3 Å². The molecular weight excluding hydrogens is 299 g/mol. The fraction of sp³-hybridized carbons (Fsp3) is 0.500. The summed E-state index contributed by atoms with van der Waals surface area (Å²) in [6, 6.07) is 2.23. The number of nitrogens with two attached hydrogens (primary N) is 1. The molecule has 0 aliphatic rings. The summed E-state index contributed by atoms with van der Waals surface area (Å²) in [4.78, 5) is 0. The summed E-state index contributed by atoms with van der Waals surface area (Å²) in [5, 5.41) is 2.10. The number of halogens is 1. The molecule has 3 nitrogen and oxygen atoms in total. The van der Waals surface area contributed by atoms with Gasteiger partial charge in [0.05, 0.1) is 15.5 Å². The number of thiophene rings is 1. The maximum Gasteiger partial charge on any atom is 0.0702 e. The van der Waals surface area contributed by atoms with Crippen LogP contribution in [0.25, 0.3) is 0 Å². The molecule has 0 bridgehead atoms. The Balaban J connectivity index is 2.56. The second-order valence-corrected chi connectivity index (χ2v) is 5.37. The van der Waals surface area contributed by atoms with Crippen molar-refractivity contribution in [2.24, 2.45) is 5.84 Å². The van der Waals surface area contributed by atoms with E-state index in [0.717, 1.165) is 6.61 Å². The first-order valence-corrected chi connectivity index (χ1v) is 6.01. The lowest BCUT2D eigenvalue weighted by Gasteiger charge is -2.13. The van der Waals surface area contributed by atoms with Gasteiger partial charge in [-0.15, -0.1) is 11.3 Å². The normalized spacial score (nSPS) is 13.2. The quantitative estimate of drug-likeness (QED) is 0.496. The van der Waals surface area contributed by atoms with E-state index < -0.39 is 0 Å². The molecule has 1 heterocycles. The molecule has 0 fully saturated rings. The number of hydrazine groups is 1. The molecule has 0 aliphatic carbocycles. The second kappa shape index (κ2) is 5.92. The Morgan fingerprint density at radius 1 is 1.77 bits per heavy atom. The van der Waals surface area contributed by atoms with E-state index in [4.69, 9.17) is 10.6 Å². The van der Waals surface area contributed by atoms with Gasteiger partial charge in [0.15, 0.2) is 0 Å². The van der Waals surface area contributed by atoms with Gasteiger partial charge in [0, 0.05) is 6.61 Å². The minimum absolute atomic E-state index is 0.111. The van der Waals surface area contributed by atoms with Crippen LogP contribution in [0.2, 0.25) is 0 Å². The molecule has 0 aromatic carbocycles. The second-order valence-electron chi connectivity index (χ2n) is 2.56. The predicted octanol–water partition coefficient (Wildman–Crippen LogP) is 1.89. The van der Waals surface area contributed by atoms with Gasteiger partial charge < -0.3 is 4.74 Å². The van der Waals surface area contributed by atoms with Crippen molar-refractivity contribution in [1.82, 2.24) is 5.43 Å². The van der Waals surface area contributed by atoms with Crippen molar-refractivity contribution in [2.45, 2.75) is 13.0 Å². The first kappa shape index (κ1) is 11.4. The lowest BCUT2D eigenvalue weighted by molar-refractivity contribution is 0.123. The molecule has 0 saturated carbocycles. The molecule has 0 radical (unpaired) electrons. The highest BCUT2D eigenvalue weighted by atomic mass is 127. The fourth-order valence-electron chi connectivity index (χ4n) is 0.982. The Morgan fingerprint density at radius 2 is 2.54 bits per heavy atom. The third-order valence-electron chi connectivity index (χ3n) is 1.68. The highest BCUT2D eigenvalue weighted by Crippen LogP contribution is 2.22. The van der Waals surface area contributed by atoms with E-state index in [2.05, 4.69) is 39.5 Å². The summed E-state index contributed by atoms with van der Waals surface area (Å²) >= 11 is 4.01. The van der Waals surface area contributed by atoms with Crippen LogP contribution in [0.15, 0.2) is 11.4 Å². The van der Waals surface area contributed by atoms with E-state index in [1.54, 1.807) is 11.3 Å². The summed E-state index contributed by atoms with van der Waals surface area (Å²) in [7, 11) is 0. The van der Waals surface area contributed by atoms with Crippen molar-refractivity contribution in [1.29, 1.82) is 0 Å². The number of hydrogen-bond donors (Lipinski definition) is 2. The minimum atomic E-state index is 0.111. The van der Waals surface area contributed by atoms with Gasteiger partial charge in [0.25, 0.3) is 0 Å². The molecule has 13 heavy (non-hydrogen) atoms. The number of hydrogen-bond acceptors (Lipinski definition) is 4. The SMILES string of the molecule is CCOCC(NN)c1csc(I)c1. The average molecular weight is 312 g/mol. The van der Waals surface area contributed by atoms with Crippen molar-refractivity contribution < 1.29 is 4.74 Å². The van der Waals surface area contributed by atoms with Crippen LogP contribution in [0, 0.1) is 2.88 Å². The highest BCUT2D eigenvalue weighted by molar-refractivity contribution is 14.1. The van der Waals surface area contributed by atoms with Gasteiger partial charge >= 0.3 is 0 Å². The molecule has 0 spiro atoms. The summed E-state index contributed by atoms with van der Waals surface area (Å²) in [5.41, 5.74) is 3.94. The third kappa shape index (κ3) is 3.51. The van der Waals surface area contributed by atoms with Crippen molar-refractivity contribution >= 4 is 33.9 Å². The third-order valence-corrected chi connectivity index (χ3v) is 3.49. The monoisotopic (exact) mass is 312 g/mol. The van der Waals surface area contributed by atoms with Crippen LogP contribution in [0.3, 0.4) is 0 Å². The van der Waals surface area contributed by atoms with Gasteiger partial charge in [-0.05, 0) is 46.5 Å². The zero-order chi connectivity index (χ0) is 9.68. The molecule has 0 saturated heterocycles. The van der Waals surface area contributed by atoms with Crippen LogP contribution in [0.5, 0.6) is 0 Å². The minimum Gasteiger partial charge on any atom is -0.380 e. The topological polar surface area (TPSA) is 47.3 Å². The van der Waals surface area contributed by atoms with E-state index in [1.165, 1.54) is 8.45 Å². The molecule has 0 aliphatic heterocycles. The maximum atomic E-state index is 5.43. The maximum absolute atomic E-state index is 5.43. The number of nitrogens with one attached hydrogen (secondary N) is 1. The molecule has 5 heteroatoms. The van der Waals surface area contributed by atoms with E-state index in [1.807, 2.05) is 6.92 Å². The lowest BCUT2D eigenvalue weighted by atomic mass is 10.2. The van der Waals surface area contributed by atoms with Gasteiger partial charge in [0.2, 0.25) is 0 Å². The standard InChI is InChI=1S/C8H13IN2OS/c1-2-12-4-7(11-10)6-3-8(9)13-5-6/h3,5,7,11H,2,4,10H2,1H3. The van der Waals surface area contributed by atoms with Crippen LogP contribution in [-0.2, 0) is 4.74 Å². The van der Waals surface area contributed by atoms with E-state index in [0.29, 0.717) is 6.61 Å². The molecule has 1 aromatic heterocycles. The van der Waals surface area contributed by atoms with E-state index >= 15 is 0 Å². The molecular formula is C8H13IN2OS. The fourth-order valence-corrected chi connectivity index (χ4v) is 2.41. The molecule has 3 N–H and O–H groups in total. The van der Waals surface area contributed by atoms with Crippen LogP contribution < -0.4 is 11.3 Å². The lowest BCUT2D eigenvalue weighted by Crippen LogP contribution is -2.31. The molecule has 74 valence electrons.